The summed E-state index contributed by atoms with van der Waals surface area (Å²) in [6.07, 6.45) is 1.59. The van der Waals surface area contributed by atoms with E-state index < -0.39 is 12.0 Å². The topological polar surface area (TPSA) is 78.4 Å². The first-order valence-corrected chi connectivity index (χ1v) is 7.75. The molecule has 7 heteroatoms. The molecule has 1 heterocycles. The summed E-state index contributed by atoms with van der Waals surface area (Å²) in [5, 5.41) is 0.630. The number of esters is 1. The maximum atomic E-state index is 11.2. The second-order valence-electron chi connectivity index (χ2n) is 4.30. The van der Waals surface area contributed by atoms with Crippen LogP contribution >= 0.6 is 23.4 Å². The van der Waals surface area contributed by atoms with Crippen molar-refractivity contribution in [2.24, 2.45) is 5.73 Å². The van der Waals surface area contributed by atoms with Crippen LogP contribution in [-0.2, 0) is 15.3 Å². The Morgan fingerprint density at radius 3 is 3.10 bits per heavy atom. The largest absolute Gasteiger partial charge is 0.468 e. The number of hydrogen-bond donors (Lipinski definition) is 1. The fraction of sp³-hybridized carbons (Fsp3) is 0.286. The number of carbonyl (C=O) groups excluding carboxylic acids is 1. The molecule has 0 aliphatic rings. The van der Waals surface area contributed by atoms with Gasteiger partial charge in [-0.3, -0.25) is 4.79 Å². The Balaban J connectivity index is 1.90. The van der Waals surface area contributed by atoms with E-state index >= 15 is 0 Å². The molecule has 2 aromatic rings. The minimum Gasteiger partial charge on any atom is -0.468 e. The number of aromatic nitrogens is 1. The highest BCUT2D eigenvalue weighted by molar-refractivity contribution is 7.98. The van der Waals surface area contributed by atoms with Crippen molar-refractivity contribution in [3.63, 3.8) is 0 Å². The Hall–Kier alpha value is -1.50. The van der Waals surface area contributed by atoms with Crippen molar-refractivity contribution in [2.75, 3.05) is 12.9 Å². The number of thioether (sulfide) groups is 1. The summed E-state index contributed by atoms with van der Waals surface area (Å²) in [4.78, 5) is 15.5. The van der Waals surface area contributed by atoms with E-state index in [0.717, 1.165) is 11.3 Å². The molecule has 0 aliphatic heterocycles. The molecule has 0 spiro atoms. The molecule has 0 bridgehead atoms. The van der Waals surface area contributed by atoms with Crippen LogP contribution in [0.1, 0.15) is 5.69 Å². The molecule has 0 amide bonds. The fourth-order valence-electron chi connectivity index (χ4n) is 1.64. The van der Waals surface area contributed by atoms with Crippen molar-refractivity contribution < 1.29 is 13.9 Å². The van der Waals surface area contributed by atoms with Gasteiger partial charge in [-0.05, 0) is 18.2 Å². The van der Waals surface area contributed by atoms with E-state index in [0.29, 0.717) is 22.4 Å². The SMILES string of the molecule is COC(=O)C(N)CSCc1coc(-c2cccc(Cl)c2)n1. The smallest absolute Gasteiger partial charge is 0.323 e. The molecule has 2 N–H and O–H groups in total. The third kappa shape index (κ3) is 4.49. The minimum atomic E-state index is -0.626. The van der Waals surface area contributed by atoms with Gasteiger partial charge in [-0.2, -0.15) is 11.8 Å². The van der Waals surface area contributed by atoms with Gasteiger partial charge < -0.3 is 14.9 Å². The van der Waals surface area contributed by atoms with Crippen LogP contribution < -0.4 is 5.73 Å². The molecule has 2 rings (SSSR count). The van der Waals surface area contributed by atoms with Crippen LogP contribution in [0, 0.1) is 0 Å². The number of rotatable bonds is 6. The lowest BCUT2D eigenvalue weighted by Gasteiger charge is -2.07. The Labute approximate surface area is 131 Å². The second-order valence-corrected chi connectivity index (χ2v) is 5.77. The van der Waals surface area contributed by atoms with Crippen LogP contribution in [0.15, 0.2) is 34.9 Å². The molecule has 0 saturated carbocycles. The van der Waals surface area contributed by atoms with Crippen LogP contribution in [0.4, 0.5) is 0 Å². The van der Waals surface area contributed by atoms with E-state index in [2.05, 4.69) is 9.72 Å². The van der Waals surface area contributed by atoms with Gasteiger partial charge >= 0.3 is 5.97 Å². The lowest BCUT2D eigenvalue weighted by Crippen LogP contribution is -2.33. The summed E-state index contributed by atoms with van der Waals surface area (Å²) in [5.41, 5.74) is 7.26. The van der Waals surface area contributed by atoms with Gasteiger partial charge in [0, 0.05) is 22.1 Å². The summed E-state index contributed by atoms with van der Waals surface area (Å²) in [7, 11) is 1.32. The molecule has 0 saturated heterocycles. The Kier molecular flexibility index (Phi) is 5.67. The third-order valence-electron chi connectivity index (χ3n) is 2.67. The number of benzene rings is 1. The number of methoxy groups -OCH3 is 1. The Morgan fingerprint density at radius 1 is 1.57 bits per heavy atom. The van der Waals surface area contributed by atoms with Gasteiger partial charge in [0.2, 0.25) is 5.89 Å². The van der Waals surface area contributed by atoms with E-state index in [1.165, 1.54) is 18.9 Å². The maximum absolute atomic E-state index is 11.2. The van der Waals surface area contributed by atoms with Crippen molar-refractivity contribution >= 4 is 29.3 Å². The molecule has 21 heavy (non-hydrogen) atoms. The number of halogens is 1. The Morgan fingerprint density at radius 2 is 2.38 bits per heavy atom. The number of nitrogens with two attached hydrogens (primary N) is 1. The lowest BCUT2D eigenvalue weighted by molar-refractivity contribution is -0.141. The van der Waals surface area contributed by atoms with Gasteiger partial charge in [0.1, 0.15) is 12.3 Å². The van der Waals surface area contributed by atoms with Crippen LogP contribution in [0.25, 0.3) is 11.5 Å². The highest BCUT2D eigenvalue weighted by Crippen LogP contribution is 2.23. The summed E-state index contributed by atoms with van der Waals surface area (Å²) in [6, 6.07) is 6.67. The van der Waals surface area contributed by atoms with Crippen molar-refractivity contribution in [1.29, 1.82) is 0 Å². The van der Waals surface area contributed by atoms with Crippen LogP contribution in [0.2, 0.25) is 5.02 Å². The predicted molar refractivity (Wildman–Crippen MR) is 83.1 cm³/mol. The van der Waals surface area contributed by atoms with Crippen LogP contribution in [-0.4, -0.2) is 29.9 Å². The first-order valence-electron chi connectivity index (χ1n) is 6.21. The van der Waals surface area contributed by atoms with Gasteiger partial charge in [0.15, 0.2) is 0 Å². The molecule has 0 fully saturated rings. The van der Waals surface area contributed by atoms with E-state index in [1.807, 2.05) is 12.1 Å². The lowest BCUT2D eigenvalue weighted by atomic mass is 10.2. The van der Waals surface area contributed by atoms with E-state index in [-0.39, 0.29) is 0 Å². The zero-order valence-corrected chi connectivity index (χ0v) is 13.0. The number of oxazole rings is 1. The average molecular weight is 327 g/mol. The maximum Gasteiger partial charge on any atom is 0.323 e. The quantitative estimate of drug-likeness (QED) is 0.822. The number of hydrogen-bond acceptors (Lipinski definition) is 6. The zero-order chi connectivity index (χ0) is 15.2. The predicted octanol–water partition coefficient (Wildman–Crippen LogP) is 2.73. The van der Waals surface area contributed by atoms with Crippen molar-refractivity contribution in [2.45, 2.75) is 11.8 Å². The number of ether oxygens (including phenoxy) is 1. The summed E-state index contributed by atoms with van der Waals surface area (Å²) in [5.74, 6) is 1.17. The molecule has 0 aliphatic carbocycles. The second kappa shape index (κ2) is 7.49. The van der Waals surface area contributed by atoms with Crippen molar-refractivity contribution in [1.82, 2.24) is 4.98 Å². The minimum absolute atomic E-state index is 0.415. The van der Waals surface area contributed by atoms with Crippen LogP contribution in [0.3, 0.4) is 0 Å². The number of carbonyl (C=O) groups is 1. The molecular weight excluding hydrogens is 312 g/mol. The van der Waals surface area contributed by atoms with E-state index in [4.69, 9.17) is 21.8 Å². The molecular formula is C14H15ClN2O3S. The van der Waals surface area contributed by atoms with E-state index in [9.17, 15) is 4.79 Å². The van der Waals surface area contributed by atoms with Gasteiger partial charge in [0.25, 0.3) is 0 Å². The normalized spacial score (nSPS) is 12.1. The first kappa shape index (κ1) is 15.9. The summed E-state index contributed by atoms with van der Waals surface area (Å²) in [6.45, 7) is 0. The zero-order valence-electron chi connectivity index (χ0n) is 11.4. The molecule has 1 unspecified atom stereocenters. The van der Waals surface area contributed by atoms with Crippen molar-refractivity contribution in [3.8, 4) is 11.5 Å². The van der Waals surface area contributed by atoms with Crippen LogP contribution in [0.5, 0.6) is 0 Å². The molecule has 5 nitrogen and oxygen atoms in total. The molecule has 1 aromatic heterocycles. The Bertz CT molecular complexity index is 618. The molecule has 0 radical (unpaired) electrons. The number of nitrogens with zero attached hydrogens (tertiary/aromatic N) is 1. The highest BCUT2D eigenvalue weighted by atomic mass is 35.5. The average Bonchev–Trinajstić information content (AvgIpc) is 2.95. The molecule has 1 aromatic carbocycles. The van der Waals surface area contributed by atoms with Gasteiger partial charge in [-0.1, -0.05) is 17.7 Å². The highest BCUT2D eigenvalue weighted by Gasteiger charge is 2.14. The third-order valence-corrected chi connectivity index (χ3v) is 4.00. The van der Waals surface area contributed by atoms with Gasteiger partial charge in [0.05, 0.1) is 12.8 Å². The monoisotopic (exact) mass is 326 g/mol. The summed E-state index contributed by atoms with van der Waals surface area (Å²) >= 11 is 7.43. The van der Waals surface area contributed by atoms with E-state index in [1.54, 1.807) is 18.4 Å². The first-order chi connectivity index (χ1) is 10.1. The summed E-state index contributed by atoms with van der Waals surface area (Å²) < 4.78 is 9.99. The molecule has 1 atom stereocenters. The van der Waals surface area contributed by atoms with Gasteiger partial charge in [-0.15, -0.1) is 0 Å². The molecule has 112 valence electrons. The van der Waals surface area contributed by atoms with Gasteiger partial charge in [-0.25, -0.2) is 4.98 Å². The standard InChI is InChI=1S/C14H15ClN2O3S/c1-19-14(18)12(16)8-21-7-11-6-20-13(17-11)9-3-2-4-10(15)5-9/h2-6,12H,7-8,16H2,1H3. The van der Waals surface area contributed by atoms with Crippen molar-refractivity contribution in [3.05, 3.63) is 41.2 Å². The fourth-order valence-corrected chi connectivity index (χ4v) is 2.68.